The Morgan fingerprint density at radius 2 is 1.68 bits per heavy atom. The van der Waals surface area contributed by atoms with Crippen LogP contribution in [0, 0.1) is 0 Å². The predicted molar refractivity (Wildman–Crippen MR) is 88.4 cm³/mol. The molecule has 2 rings (SSSR count). The van der Waals surface area contributed by atoms with Gasteiger partial charge in [-0.15, -0.1) is 12.4 Å². The lowest BCUT2D eigenvalue weighted by Crippen LogP contribution is -2.33. The van der Waals surface area contributed by atoms with Gasteiger partial charge in [-0.3, -0.25) is 0 Å². The zero-order valence-electron chi connectivity index (χ0n) is 13.0. The van der Waals surface area contributed by atoms with Crippen LogP contribution >= 0.6 is 12.4 Å². The second-order valence-electron chi connectivity index (χ2n) is 5.32. The number of halogens is 5. The minimum atomic E-state index is -4.59. The zero-order chi connectivity index (χ0) is 17.7. The highest BCUT2D eigenvalue weighted by molar-refractivity contribution is 5.85. The molecule has 0 amide bonds. The lowest BCUT2D eigenvalue weighted by atomic mass is 9.97. The largest absolute Gasteiger partial charge is 0.461 e. The third-order valence-electron chi connectivity index (χ3n) is 3.45. The lowest BCUT2D eigenvalue weighted by Gasteiger charge is -2.21. The highest BCUT2D eigenvalue weighted by Gasteiger charge is 2.44. The summed E-state index contributed by atoms with van der Waals surface area (Å²) in [5.41, 5.74) is 7.10. The standard InChI is InChI=1S/C17H17F4NO2.ClH/c18-16(19)17(20,21)24-13-8-4-7-12(10-13)15(22)14(23)9-11-5-2-1-3-6-11;/h1-8,10,14-16,23H,9,22H2;1H/t14-,15+;/m1./s1. The van der Waals surface area contributed by atoms with Crippen LogP contribution in [0.25, 0.3) is 0 Å². The monoisotopic (exact) mass is 379 g/mol. The molecule has 0 saturated heterocycles. The Kier molecular flexibility index (Phi) is 7.66. The Bertz CT molecular complexity index is 658. The van der Waals surface area contributed by atoms with Gasteiger partial charge in [-0.25, -0.2) is 0 Å². The molecule has 0 bridgehead atoms. The molecule has 0 spiro atoms. The normalized spacial score (nSPS) is 13.9. The van der Waals surface area contributed by atoms with E-state index in [1.165, 1.54) is 12.1 Å². The zero-order valence-corrected chi connectivity index (χ0v) is 13.8. The van der Waals surface area contributed by atoms with E-state index in [9.17, 15) is 22.7 Å². The summed E-state index contributed by atoms with van der Waals surface area (Å²) in [6.45, 7) is 0. The maximum Gasteiger partial charge on any atom is 0.461 e. The van der Waals surface area contributed by atoms with Gasteiger partial charge in [0, 0.05) is 6.42 Å². The molecule has 0 heterocycles. The summed E-state index contributed by atoms with van der Waals surface area (Å²) in [6.07, 6.45) is -9.25. The van der Waals surface area contributed by atoms with Gasteiger partial charge in [0.05, 0.1) is 12.1 Å². The molecule has 2 aromatic rings. The number of benzene rings is 2. The fraction of sp³-hybridized carbons (Fsp3) is 0.294. The van der Waals surface area contributed by atoms with Gasteiger partial charge >= 0.3 is 12.5 Å². The Labute approximate surface area is 148 Å². The van der Waals surface area contributed by atoms with E-state index < -0.39 is 30.4 Å². The van der Waals surface area contributed by atoms with E-state index in [0.717, 1.165) is 17.7 Å². The van der Waals surface area contributed by atoms with Crippen molar-refractivity contribution < 1.29 is 27.4 Å². The van der Waals surface area contributed by atoms with Crippen LogP contribution in [0.2, 0.25) is 0 Å². The fourth-order valence-corrected chi connectivity index (χ4v) is 2.19. The average molecular weight is 380 g/mol. The molecule has 0 aliphatic carbocycles. The lowest BCUT2D eigenvalue weighted by molar-refractivity contribution is -0.253. The predicted octanol–water partition coefficient (Wildman–Crippen LogP) is 3.95. The SMILES string of the molecule is Cl.N[C@@H](c1cccc(OC(F)(F)C(F)F)c1)[C@H](O)Cc1ccccc1. The molecule has 0 fully saturated rings. The second kappa shape index (κ2) is 9.03. The fourth-order valence-electron chi connectivity index (χ4n) is 2.19. The number of alkyl halides is 4. The number of rotatable bonds is 7. The van der Waals surface area contributed by atoms with E-state index in [0.29, 0.717) is 5.56 Å². The highest BCUT2D eigenvalue weighted by Crippen LogP contribution is 2.29. The van der Waals surface area contributed by atoms with Gasteiger partial charge in [0.2, 0.25) is 0 Å². The van der Waals surface area contributed by atoms with Crippen molar-refractivity contribution in [3.63, 3.8) is 0 Å². The van der Waals surface area contributed by atoms with Crippen molar-refractivity contribution >= 4 is 12.4 Å². The van der Waals surface area contributed by atoms with Crippen molar-refractivity contribution in [2.24, 2.45) is 5.73 Å². The molecule has 0 radical (unpaired) electrons. The topological polar surface area (TPSA) is 55.5 Å². The summed E-state index contributed by atoms with van der Waals surface area (Å²) in [5, 5.41) is 10.2. The Morgan fingerprint density at radius 3 is 2.28 bits per heavy atom. The number of aliphatic hydroxyl groups is 1. The number of hydrogen-bond donors (Lipinski definition) is 2. The molecule has 2 aromatic carbocycles. The van der Waals surface area contributed by atoms with Crippen LogP contribution in [-0.4, -0.2) is 23.7 Å². The van der Waals surface area contributed by atoms with Crippen molar-refractivity contribution in [1.29, 1.82) is 0 Å². The van der Waals surface area contributed by atoms with Gasteiger partial charge < -0.3 is 15.6 Å². The summed E-state index contributed by atoms with van der Waals surface area (Å²) in [7, 11) is 0. The van der Waals surface area contributed by atoms with Gasteiger partial charge in [-0.05, 0) is 23.3 Å². The van der Waals surface area contributed by atoms with Gasteiger partial charge in [0.1, 0.15) is 5.75 Å². The average Bonchev–Trinajstić information content (AvgIpc) is 2.54. The number of ether oxygens (including phenoxy) is 1. The molecule has 3 N–H and O–H groups in total. The van der Waals surface area contributed by atoms with E-state index in [1.807, 2.05) is 30.3 Å². The van der Waals surface area contributed by atoms with Crippen LogP contribution in [0.3, 0.4) is 0 Å². The highest BCUT2D eigenvalue weighted by atomic mass is 35.5. The van der Waals surface area contributed by atoms with Crippen LogP contribution < -0.4 is 10.5 Å². The molecular formula is C17H18ClF4NO2. The van der Waals surface area contributed by atoms with Crippen LogP contribution in [0.15, 0.2) is 54.6 Å². The molecular weight excluding hydrogens is 362 g/mol. The van der Waals surface area contributed by atoms with E-state index >= 15 is 0 Å². The van der Waals surface area contributed by atoms with Crippen LogP contribution in [0.4, 0.5) is 17.6 Å². The smallest absolute Gasteiger partial charge is 0.428 e. The van der Waals surface area contributed by atoms with Gasteiger partial charge in [0.25, 0.3) is 0 Å². The maximum absolute atomic E-state index is 13.0. The summed E-state index contributed by atoms with van der Waals surface area (Å²) in [5.74, 6) is -0.444. The first-order valence-electron chi connectivity index (χ1n) is 7.22. The molecule has 0 saturated carbocycles. The Hall–Kier alpha value is -1.83. The van der Waals surface area contributed by atoms with E-state index in [-0.39, 0.29) is 18.8 Å². The summed E-state index contributed by atoms with van der Waals surface area (Å²) in [6, 6.07) is 13.3. The molecule has 0 unspecified atom stereocenters. The van der Waals surface area contributed by atoms with Crippen LogP contribution in [0.1, 0.15) is 17.2 Å². The third-order valence-corrected chi connectivity index (χ3v) is 3.45. The van der Waals surface area contributed by atoms with E-state index in [1.54, 1.807) is 0 Å². The Balaban J connectivity index is 0.00000312. The number of nitrogens with two attached hydrogens (primary N) is 1. The minimum Gasteiger partial charge on any atom is -0.428 e. The summed E-state index contributed by atoms with van der Waals surface area (Å²) in [4.78, 5) is 0. The molecule has 2 atom stereocenters. The Morgan fingerprint density at radius 1 is 1.04 bits per heavy atom. The van der Waals surface area contributed by atoms with Crippen LogP contribution in [-0.2, 0) is 6.42 Å². The number of aliphatic hydroxyl groups excluding tert-OH is 1. The summed E-state index contributed by atoms with van der Waals surface area (Å²) >= 11 is 0. The van der Waals surface area contributed by atoms with Gasteiger partial charge in [0.15, 0.2) is 0 Å². The number of hydrogen-bond acceptors (Lipinski definition) is 3. The molecule has 0 aromatic heterocycles. The summed E-state index contributed by atoms with van der Waals surface area (Å²) < 4.78 is 54.3. The molecule has 25 heavy (non-hydrogen) atoms. The molecule has 138 valence electrons. The minimum absolute atomic E-state index is 0. The molecule has 0 aliphatic rings. The first kappa shape index (κ1) is 21.2. The van der Waals surface area contributed by atoms with Crippen molar-refractivity contribution in [2.45, 2.75) is 31.1 Å². The first-order valence-corrected chi connectivity index (χ1v) is 7.22. The van der Waals surface area contributed by atoms with Crippen molar-refractivity contribution in [2.75, 3.05) is 0 Å². The molecule has 8 heteroatoms. The van der Waals surface area contributed by atoms with Gasteiger partial charge in [-0.2, -0.15) is 17.6 Å². The van der Waals surface area contributed by atoms with Crippen molar-refractivity contribution in [3.05, 3.63) is 65.7 Å². The second-order valence-corrected chi connectivity index (χ2v) is 5.32. The van der Waals surface area contributed by atoms with E-state index in [4.69, 9.17) is 5.73 Å². The van der Waals surface area contributed by atoms with Gasteiger partial charge in [-0.1, -0.05) is 42.5 Å². The molecule has 0 aliphatic heterocycles. The van der Waals surface area contributed by atoms with Crippen LogP contribution in [0.5, 0.6) is 5.75 Å². The first-order chi connectivity index (χ1) is 11.3. The third kappa shape index (κ3) is 5.88. The molecule has 3 nitrogen and oxygen atoms in total. The van der Waals surface area contributed by atoms with Crippen molar-refractivity contribution in [1.82, 2.24) is 0 Å². The van der Waals surface area contributed by atoms with E-state index in [2.05, 4.69) is 4.74 Å². The maximum atomic E-state index is 13.0. The quantitative estimate of drug-likeness (QED) is 0.716. The van der Waals surface area contributed by atoms with Crippen molar-refractivity contribution in [3.8, 4) is 5.75 Å².